The van der Waals surface area contributed by atoms with E-state index in [0.29, 0.717) is 10.2 Å². The van der Waals surface area contributed by atoms with E-state index in [9.17, 15) is 9.59 Å². The minimum absolute atomic E-state index is 0.0213. The van der Waals surface area contributed by atoms with Gasteiger partial charge in [0.15, 0.2) is 5.78 Å². The lowest BCUT2D eigenvalue weighted by Gasteiger charge is -2.09. The minimum atomic E-state index is -0.204. The Hall–Kier alpha value is -0.970. The average molecular weight is 287 g/mol. The van der Waals surface area contributed by atoms with E-state index in [4.69, 9.17) is 0 Å². The number of halogens is 1. The summed E-state index contributed by atoms with van der Waals surface area (Å²) in [7, 11) is 0. The van der Waals surface area contributed by atoms with Gasteiger partial charge >= 0.3 is 0 Å². The number of carbonyl (C=O) groups excluding carboxylic acids is 1. The number of aryl methyl sites for hydroxylation is 1. The second-order valence-electron chi connectivity index (χ2n) is 3.85. The van der Waals surface area contributed by atoms with Crippen molar-refractivity contribution in [1.82, 2.24) is 9.55 Å². The molecule has 1 heterocycles. The van der Waals surface area contributed by atoms with Crippen LogP contribution in [0, 0.1) is 12.8 Å². The van der Waals surface area contributed by atoms with Gasteiger partial charge in [0.2, 0.25) is 0 Å². The summed E-state index contributed by atoms with van der Waals surface area (Å²) in [5.74, 6) is 0.0362. The molecule has 16 heavy (non-hydrogen) atoms. The Labute approximate surface area is 103 Å². The number of Topliss-reactive ketones (excluding diaryl/α,β-unsaturated/α-hetero) is 1. The predicted molar refractivity (Wildman–Crippen MR) is 65.4 cm³/mol. The van der Waals surface area contributed by atoms with Gasteiger partial charge in [0.25, 0.3) is 5.56 Å². The normalized spacial score (nSPS) is 12.5. The third kappa shape index (κ3) is 2.78. The quantitative estimate of drug-likeness (QED) is 0.850. The summed E-state index contributed by atoms with van der Waals surface area (Å²) < 4.78 is 1.76. The topological polar surface area (TPSA) is 52.0 Å². The van der Waals surface area contributed by atoms with Crippen molar-refractivity contribution in [2.75, 3.05) is 0 Å². The molecule has 0 aliphatic rings. The molecule has 5 heteroatoms. The Morgan fingerprint density at radius 1 is 1.62 bits per heavy atom. The molecule has 0 fully saturated rings. The molecule has 0 N–H and O–H groups in total. The van der Waals surface area contributed by atoms with Gasteiger partial charge in [-0.25, -0.2) is 4.98 Å². The fourth-order valence-electron chi connectivity index (χ4n) is 1.21. The average Bonchev–Trinajstić information content (AvgIpc) is 2.28. The molecular formula is C11H15BrN2O2. The molecule has 1 rings (SSSR count). The van der Waals surface area contributed by atoms with Crippen LogP contribution in [0.2, 0.25) is 0 Å². The van der Waals surface area contributed by atoms with Gasteiger partial charge in [-0.15, -0.1) is 0 Å². The smallest absolute Gasteiger partial charge is 0.268 e. The maximum Gasteiger partial charge on any atom is 0.268 e. The molecule has 0 amide bonds. The molecule has 4 nitrogen and oxygen atoms in total. The van der Waals surface area contributed by atoms with Gasteiger partial charge in [-0.3, -0.25) is 14.2 Å². The van der Waals surface area contributed by atoms with Crippen molar-refractivity contribution in [1.29, 1.82) is 0 Å². The van der Waals surface area contributed by atoms with Crippen LogP contribution >= 0.6 is 15.9 Å². The van der Waals surface area contributed by atoms with Crippen LogP contribution in [0.25, 0.3) is 0 Å². The van der Waals surface area contributed by atoms with E-state index in [1.807, 2.05) is 13.8 Å². The fraction of sp³-hybridized carbons (Fsp3) is 0.545. The molecule has 1 atom stereocenters. The maximum atomic E-state index is 11.8. The molecule has 0 aliphatic carbocycles. The third-order valence-electron chi connectivity index (χ3n) is 2.65. The van der Waals surface area contributed by atoms with Crippen LogP contribution in [0.4, 0.5) is 0 Å². The van der Waals surface area contributed by atoms with Gasteiger partial charge in [-0.05, 0) is 29.3 Å². The SMILES string of the molecule is CCC(C)C(=O)Cn1cnc(C)c(Br)c1=O. The summed E-state index contributed by atoms with van der Waals surface area (Å²) in [4.78, 5) is 27.5. The first-order chi connectivity index (χ1) is 7.47. The van der Waals surface area contributed by atoms with Crippen molar-refractivity contribution in [2.24, 2.45) is 5.92 Å². The van der Waals surface area contributed by atoms with Crippen molar-refractivity contribution < 1.29 is 4.79 Å². The Kier molecular flexibility index (Phi) is 4.41. The van der Waals surface area contributed by atoms with Gasteiger partial charge in [-0.2, -0.15) is 0 Å². The summed E-state index contributed by atoms with van der Waals surface area (Å²) in [5, 5.41) is 0. The lowest BCUT2D eigenvalue weighted by molar-refractivity contribution is -0.123. The predicted octanol–water partition coefficient (Wildman–Crippen LogP) is 1.93. The molecule has 0 saturated carbocycles. The van der Waals surface area contributed by atoms with E-state index in [-0.39, 0.29) is 23.8 Å². The van der Waals surface area contributed by atoms with Crippen molar-refractivity contribution in [3.05, 3.63) is 26.8 Å². The van der Waals surface area contributed by atoms with Gasteiger partial charge in [-0.1, -0.05) is 13.8 Å². The first kappa shape index (κ1) is 13.1. The lowest BCUT2D eigenvalue weighted by Crippen LogP contribution is -2.28. The summed E-state index contributed by atoms with van der Waals surface area (Å²) in [6.07, 6.45) is 2.21. The maximum absolute atomic E-state index is 11.8. The highest BCUT2D eigenvalue weighted by molar-refractivity contribution is 9.10. The zero-order valence-electron chi connectivity index (χ0n) is 9.66. The first-order valence-electron chi connectivity index (χ1n) is 5.21. The second-order valence-corrected chi connectivity index (χ2v) is 4.65. The van der Waals surface area contributed by atoms with Crippen LogP contribution in [-0.4, -0.2) is 15.3 Å². The molecule has 1 unspecified atom stereocenters. The van der Waals surface area contributed by atoms with Gasteiger partial charge in [0.05, 0.1) is 18.6 Å². The lowest BCUT2D eigenvalue weighted by atomic mass is 10.0. The number of hydrogen-bond acceptors (Lipinski definition) is 3. The fourth-order valence-corrected chi connectivity index (χ4v) is 1.54. The first-order valence-corrected chi connectivity index (χ1v) is 6.01. The van der Waals surface area contributed by atoms with Crippen LogP contribution in [-0.2, 0) is 11.3 Å². The van der Waals surface area contributed by atoms with E-state index in [0.717, 1.165) is 6.42 Å². The van der Waals surface area contributed by atoms with Crippen LogP contribution < -0.4 is 5.56 Å². The number of nitrogens with zero attached hydrogens (tertiary/aromatic N) is 2. The minimum Gasteiger partial charge on any atom is -0.297 e. The van der Waals surface area contributed by atoms with Crippen LogP contribution in [0.15, 0.2) is 15.6 Å². The summed E-state index contributed by atoms with van der Waals surface area (Å²) in [6, 6.07) is 0. The van der Waals surface area contributed by atoms with Crippen LogP contribution in [0.3, 0.4) is 0 Å². The molecule has 88 valence electrons. The molecule has 0 spiro atoms. The molecule has 0 bridgehead atoms. The molecule has 0 aliphatic heterocycles. The Morgan fingerprint density at radius 3 is 2.81 bits per heavy atom. The summed E-state index contributed by atoms with van der Waals surface area (Å²) >= 11 is 3.17. The van der Waals surface area contributed by atoms with E-state index in [1.165, 1.54) is 10.9 Å². The number of carbonyl (C=O) groups is 1. The molecule has 1 aromatic rings. The standard InChI is InChI=1S/C11H15BrN2O2/c1-4-7(2)9(15)5-14-6-13-8(3)10(12)11(14)16/h6-7H,4-5H2,1-3H3. The van der Waals surface area contributed by atoms with Gasteiger partial charge in [0, 0.05) is 5.92 Å². The Balaban J connectivity index is 2.95. The highest BCUT2D eigenvalue weighted by Crippen LogP contribution is 2.07. The van der Waals surface area contributed by atoms with Crippen molar-refractivity contribution >= 4 is 21.7 Å². The molecule has 1 aromatic heterocycles. The van der Waals surface area contributed by atoms with Crippen LogP contribution in [0.5, 0.6) is 0 Å². The number of hydrogen-bond donors (Lipinski definition) is 0. The van der Waals surface area contributed by atoms with E-state index < -0.39 is 0 Å². The number of rotatable bonds is 4. The highest BCUT2D eigenvalue weighted by atomic mass is 79.9. The molecule has 0 aromatic carbocycles. The highest BCUT2D eigenvalue weighted by Gasteiger charge is 2.13. The molecular weight excluding hydrogens is 272 g/mol. The van der Waals surface area contributed by atoms with Crippen molar-refractivity contribution in [3.8, 4) is 0 Å². The third-order valence-corrected chi connectivity index (χ3v) is 3.56. The zero-order valence-corrected chi connectivity index (χ0v) is 11.2. The van der Waals surface area contributed by atoms with E-state index >= 15 is 0 Å². The Bertz CT molecular complexity index is 454. The van der Waals surface area contributed by atoms with Crippen LogP contribution in [0.1, 0.15) is 26.0 Å². The van der Waals surface area contributed by atoms with Crippen molar-refractivity contribution in [2.45, 2.75) is 33.7 Å². The van der Waals surface area contributed by atoms with E-state index in [1.54, 1.807) is 6.92 Å². The molecule has 0 radical (unpaired) electrons. The van der Waals surface area contributed by atoms with Gasteiger partial charge < -0.3 is 0 Å². The van der Waals surface area contributed by atoms with E-state index in [2.05, 4.69) is 20.9 Å². The largest absolute Gasteiger partial charge is 0.297 e. The Morgan fingerprint density at radius 2 is 2.25 bits per heavy atom. The summed E-state index contributed by atoms with van der Waals surface area (Å²) in [6.45, 7) is 5.66. The molecule has 0 saturated heterocycles. The monoisotopic (exact) mass is 286 g/mol. The zero-order chi connectivity index (χ0) is 12.3. The number of ketones is 1. The number of aromatic nitrogens is 2. The van der Waals surface area contributed by atoms with Gasteiger partial charge in [0.1, 0.15) is 4.47 Å². The van der Waals surface area contributed by atoms with Crippen molar-refractivity contribution in [3.63, 3.8) is 0 Å². The second kappa shape index (κ2) is 5.39. The summed E-state index contributed by atoms with van der Waals surface area (Å²) in [5.41, 5.74) is 0.432.